The molecular formula is C11H18BBrO2. The lowest BCUT2D eigenvalue weighted by atomic mass is 9.78. The monoisotopic (exact) mass is 272 g/mol. The Morgan fingerprint density at radius 3 is 2.00 bits per heavy atom. The first kappa shape index (κ1) is 11.7. The maximum atomic E-state index is 6.01. The quantitative estimate of drug-likeness (QED) is 0.681. The molecule has 0 bridgehead atoms. The molecule has 0 aromatic carbocycles. The number of halogens is 1. The molecule has 0 unspecified atom stereocenters. The van der Waals surface area contributed by atoms with Gasteiger partial charge < -0.3 is 9.31 Å². The van der Waals surface area contributed by atoms with Gasteiger partial charge in [0.2, 0.25) is 0 Å². The standard InChI is InChI=1S/C11H18BBrO2/c1-10(2)11(3,4)15-12(14-10)8-6-5-7-9(8)13/h5-7H2,1-4H3. The van der Waals surface area contributed by atoms with Gasteiger partial charge in [-0.2, -0.15) is 0 Å². The molecule has 15 heavy (non-hydrogen) atoms. The highest BCUT2D eigenvalue weighted by Gasteiger charge is 2.52. The summed E-state index contributed by atoms with van der Waals surface area (Å²) in [4.78, 5) is 0. The summed E-state index contributed by atoms with van der Waals surface area (Å²) < 4.78 is 13.3. The molecule has 1 fully saturated rings. The third kappa shape index (κ3) is 1.92. The normalized spacial score (nSPS) is 29.0. The lowest BCUT2D eigenvalue weighted by Crippen LogP contribution is -2.41. The van der Waals surface area contributed by atoms with Crippen LogP contribution >= 0.6 is 15.9 Å². The van der Waals surface area contributed by atoms with Gasteiger partial charge >= 0.3 is 7.12 Å². The molecule has 0 amide bonds. The van der Waals surface area contributed by atoms with Crippen LogP contribution in [0.5, 0.6) is 0 Å². The van der Waals surface area contributed by atoms with Gasteiger partial charge in [0.1, 0.15) is 0 Å². The lowest BCUT2D eigenvalue weighted by molar-refractivity contribution is 0.00578. The Hall–Kier alpha value is 0.205. The van der Waals surface area contributed by atoms with Gasteiger partial charge in [-0.05, 0) is 56.9 Å². The molecule has 2 aliphatic rings. The van der Waals surface area contributed by atoms with E-state index in [1.165, 1.54) is 16.4 Å². The summed E-state index contributed by atoms with van der Waals surface area (Å²) in [6.07, 6.45) is 3.43. The topological polar surface area (TPSA) is 18.5 Å². The van der Waals surface area contributed by atoms with Crippen molar-refractivity contribution >= 4 is 23.0 Å². The van der Waals surface area contributed by atoms with Gasteiger partial charge in [-0.1, -0.05) is 15.9 Å². The predicted molar refractivity (Wildman–Crippen MR) is 65.9 cm³/mol. The summed E-state index contributed by atoms with van der Waals surface area (Å²) in [6, 6.07) is 0. The Balaban J connectivity index is 2.20. The largest absolute Gasteiger partial charge is 0.491 e. The first-order valence-corrected chi connectivity index (χ1v) is 6.36. The Morgan fingerprint density at radius 2 is 1.60 bits per heavy atom. The van der Waals surface area contributed by atoms with Crippen molar-refractivity contribution in [1.29, 1.82) is 0 Å². The zero-order chi connectivity index (χ0) is 11.3. The lowest BCUT2D eigenvalue weighted by Gasteiger charge is -2.32. The van der Waals surface area contributed by atoms with Crippen LogP contribution in [0.1, 0.15) is 47.0 Å². The van der Waals surface area contributed by atoms with E-state index in [4.69, 9.17) is 9.31 Å². The van der Waals surface area contributed by atoms with Crippen molar-refractivity contribution in [2.24, 2.45) is 0 Å². The molecule has 2 nitrogen and oxygen atoms in total. The number of rotatable bonds is 1. The van der Waals surface area contributed by atoms with Crippen molar-refractivity contribution in [2.45, 2.75) is 58.2 Å². The summed E-state index contributed by atoms with van der Waals surface area (Å²) in [5.41, 5.74) is 0.856. The zero-order valence-electron chi connectivity index (χ0n) is 9.89. The van der Waals surface area contributed by atoms with Crippen LogP contribution in [0.15, 0.2) is 9.95 Å². The summed E-state index contributed by atoms with van der Waals surface area (Å²) in [7, 11) is -0.146. The average Bonchev–Trinajstić information content (AvgIpc) is 2.55. The maximum Gasteiger partial charge on any atom is 0.491 e. The van der Waals surface area contributed by atoms with E-state index in [1.54, 1.807) is 0 Å². The average molecular weight is 273 g/mol. The number of hydrogen-bond acceptors (Lipinski definition) is 2. The van der Waals surface area contributed by atoms with Crippen molar-refractivity contribution in [3.8, 4) is 0 Å². The van der Waals surface area contributed by atoms with Crippen LogP contribution in [0.2, 0.25) is 0 Å². The van der Waals surface area contributed by atoms with E-state index in [9.17, 15) is 0 Å². The summed E-state index contributed by atoms with van der Waals surface area (Å²) >= 11 is 3.61. The first-order chi connectivity index (χ1) is 6.83. The molecular weight excluding hydrogens is 255 g/mol. The Morgan fingerprint density at radius 1 is 1.07 bits per heavy atom. The summed E-state index contributed by atoms with van der Waals surface area (Å²) in [5, 5.41) is 0. The molecule has 1 saturated heterocycles. The number of hydrogen-bond donors (Lipinski definition) is 0. The second-order valence-corrected chi connectivity index (χ2v) is 6.33. The summed E-state index contributed by atoms with van der Waals surface area (Å²) in [6.45, 7) is 8.37. The molecule has 1 heterocycles. The molecule has 0 saturated carbocycles. The van der Waals surface area contributed by atoms with Crippen molar-refractivity contribution in [1.82, 2.24) is 0 Å². The predicted octanol–water partition coefficient (Wildman–Crippen LogP) is 3.45. The molecule has 0 spiro atoms. The fourth-order valence-electron chi connectivity index (χ4n) is 1.96. The second-order valence-electron chi connectivity index (χ2n) is 5.37. The van der Waals surface area contributed by atoms with Gasteiger partial charge in [0, 0.05) is 0 Å². The molecule has 4 heteroatoms. The molecule has 84 valence electrons. The minimum Gasteiger partial charge on any atom is -0.400 e. The van der Waals surface area contributed by atoms with Crippen LogP contribution in [0.4, 0.5) is 0 Å². The van der Waals surface area contributed by atoms with Crippen molar-refractivity contribution in [2.75, 3.05) is 0 Å². The van der Waals surface area contributed by atoms with Crippen LogP contribution in [0.25, 0.3) is 0 Å². The third-order valence-corrected chi connectivity index (χ3v) is 4.63. The summed E-state index contributed by atoms with van der Waals surface area (Å²) in [5.74, 6) is 0. The highest BCUT2D eigenvalue weighted by molar-refractivity contribution is 9.11. The fourth-order valence-corrected chi connectivity index (χ4v) is 2.63. The molecule has 0 aromatic heterocycles. The van der Waals surface area contributed by atoms with Gasteiger partial charge in [-0.25, -0.2) is 0 Å². The maximum absolute atomic E-state index is 6.01. The molecule has 2 rings (SSSR count). The Kier molecular flexibility index (Phi) is 2.81. The first-order valence-electron chi connectivity index (χ1n) is 5.56. The molecule has 1 aliphatic heterocycles. The van der Waals surface area contributed by atoms with E-state index < -0.39 is 0 Å². The van der Waals surface area contributed by atoms with Gasteiger partial charge in [0.05, 0.1) is 11.2 Å². The second kappa shape index (κ2) is 3.61. The van der Waals surface area contributed by atoms with Crippen LogP contribution in [-0.4, -0.2) is 18.3 Å². The highest BCUT2D eigenvalue weighted by Crippen LogP contribution is 2.42. The van der Waals surface area contributed by atoms with E-state index in [0.717, 1.165) is 12.8 Å². The minimum absolute atomic E-state index is 0.146. The van der Waals surface area contributed by atoms with Gasteiger partial charge in [-0.15, -0.1) is 0 Å². The van der Waals surface area contributed by atoms with Crippen LogP contribution in [0, 0.1) is 0 Å². The van der Waals surface area contributed by atoms with Crippen molar-refractivity contribution in [3.63, 3.8) is 0 Å². The molecule has 1 aliphatic carbocycles. The van der Waals surface area contributed by atoms with Gasteiger partial charge in [0.25, 0.3) is 0 Å². The SMILES string of the molecule is CC1(C)OB(C2=C(Br)CCC2)OC1(C)C. The Labute approximate surface area is 101 Å². The third-order valence-electron chi connectivity index (χ3n) is 3.73. The van der Waals surface area contributed by atoms with Crippen LogP contribution in [0.3, 0.4) is 0 Å². The van der Waals surface area contributed by atoms with Crippen LogP contribution in [-0.2, 0) is 9.31 Å². The van der Waals surface area contributed by atoms with E-state index in [0.29, 0.717) is 0 Å². The fraction of sp³-hybridized carbons (Fsp3) is 0.818. The smallest absolute Gasteiger partial charge is 0.400 e. The zero-order valence-corrected chi connectivity index (χ0v) is 11.5. The van der Waals surface area contributed by atoms with Gasteiger partial charge in [0.15, 0.2) is 0 Å². The highest BCUT2D eigenvalue weighted by atomic mass is 79.9. The van der Waals surface area contributed by atoms with E-state index in [1.807, 2.05) is 0 Å². The van der Waals surface area contributed by atoms with E-state index >= 15 is 0 Å². The van der Waals surface area contributed by atoms with E-state index in [2.05, 4.69) is 43.6 Å². The number of allylic oxidation sites excluding steroid dienone is 2. The molecule has 0 radical (unpaired) electrons. The Bertz CT molecular complexity index is 294. The molecule has 0 N–H and O–H groups in total. The van der Waals surface area contributed by atoms with Crippen molar-refractivity contribution in [3.05, 3.63) is 9.95 Å². The van der Waals surface area contributed by atoms with Gasteiger partial charge in [-0.3, -0.25) is 0 Å². The minimum atomic E-state index is -0.222. The van der Waals surface area contributed by atoms with E-state index in [-0.39, 0.29) is 18.3 Å². The van der Waals surface area contributed by atoms with Crippen molar-refractivity contribution < 1.29 is 9.31 Å². The molecule has 0 aromatic rings. The van der Waals surface area contributed by atoms with Crippen LogP contribution < -0.4 is 0 Å². The molecule has 0 atom stereocenters.